The van der Waals surface area contributed by atoms with Crippen molar-refractivity contribution < 1.29 is 23.5 Å². The fourth-order valence-corrected chi connectivity index (χ4v) is 4.03. The molecule has 1 aromatic carbocycles. The normalized spacial score (nSPS) is 17.1. The summed E-state index contributed by atoms with van der Waals surface area (Å²) in [6.45, 7) is 3.43. The van der Waals surface area contributed by atoms with Crippen LogP contribution in [0.4, 0.5) is 14.9 Å². The molecule has 0 radical (unpaired) electrons. The second-order valence-corrected chi connectivity index (χ2v) is 7.96. The first kappa shape index (κ1) is 21.3. The number of imide groups is 1. The van der Waals surface area contributed by atoms with E-state index < -0.39 is 29.6 Å². The van der Waals surface area contributed by atoms with Crippen LogP contribution in [0, 0.1) is 11.7 Å². The molecule has 1 aliphatic heterocycles. The van der Waals surface area contributed by atoms with Crippen LogP contribution in [0.2, 0.25) is 5.02 Å². The molecule has 1 unspecified atom stereocenters. The van der Waals surface area contributed by atoms with Gasteiger partial charge < -0.3 is 4.74 Å². The van der Waals surface area contributed by atoms with Gasteiger partial charge >= 0.3 is 12.0 Å². The molecule has 0 spiro atoms. The predicted octanol–water partition coefficient (Wildman–Crippen LogP) is 4.14. The number of benzene rings is 1. The van der Waals surface area contributed by atoms with Crippen molar-refractivity contribution in [2.45, 2.75) is 13.8 Å². The third kappa shape index (κ3) is 3.75. The molecule has 1 saturated heterocycles. The molecule has 0 aliphatic carbocycles. The van der Waals surface area contributed by atoms with Crippen molar-refractivity contribution in [3.05, 3.63) is 34.0 Å². The van der Waals surface area contributed by atoms with Gasteiger partial charge in [-0.05, 0) is 26.0 Å². The van der Waals surface area contributed by atoms with E-state index in [0.29, 0.717) is 5.01 Å². The lowest BCUT2D eigenvalue weighted by Gasteiger charge is -2.35. The van der Waals surface area contributed by atoms with E-state index in [1.54, 1.807) is 13.8 Å². The van der Waals surface area contributed by atoms with Gasteiger partial charge in [0.1, 0.15) is 15.7 Å². The van der Waals surface area contributed by atoms with Gasteiger partial charge in [0.25, 0.3) is 0 Å². The standard InChI is InChI=1S/C18H15ClFN3O4S2/c1-4-27-17(25)13-7-21-14(29-13)9-5-12(11(20)6-10(9)19)23-15(24)8(2)16(28)22(3)18(23)26/h5-8H,4H2,1-3H3. The smallest absolute Gasteiger partial charge is 0.349 e. The fraction of sp³-hybridized carbons (Fsp3) is 0.278. The van der Waals surface area contributed by atoms with E-state index in [1.165, 1.54) is 19.3 Å². The average Bonchev–Trinajstić information content (AvgIpc) is 3.16. The maximum atomic E-state index is 14.7. The number of nitrogens with zero attached hydrogens (tertiary/aromatic N) is 3. The number of esters is 1. The Morgan fingerprint density at radius 1 is 1.41 bits per heavy atom. The van der Waals surface area contributed by atoms with E-state index in [1.807, 2.05) is 0 Å². The van der Waals surface area contributed by atoms with Crippen molar-refractivity contribution in [3.8, 4) is 10.6 Å². The third-order valence-corrected chi connectivity index (χ3v) is 6.21. The zero-order valence-electron chi connectivity index (χ0n) is 15.6. The molecule has 3 amide bonds. The molecule has 0 saturated carbocycles. The van der Waals surface area contributed by atoms with Crippen molar-refractivity contribution >= 4 is 63.7 Å². The number of anilines is 1. The van der Waals surface area contributed by atoms with E-state index in [9.17, 15) is 18.8 Å². The van der Waals surface area contributed by atoms with Crippen LogP contribution in [0.1, 0.15) is 23.5 Å². The summed E-state index contributed by atoms with van der Waals surface area (Å²) in [5.41, 5.74) is 0.00107. The van der Waals surface area contributed by atoms with E-state index >= 15 is 0 Å². The average molecular weight is 456 g/mol. The van der Waals surface area contributed by atoms with Crippen LogP contribution in [-0.4, -0.2) is 46.4 Å². The van der Waals surface area contributed by atoms with Crippen LogP contribution in [-0.2, 0) is 9.53 Å². The summed E-state index contributed by atoms with van der Waals surface area (Å²) in [5, 5.41) is 0.331. The number of thiocarbonyl (C=S) groups is 1. The Labute approximate surface area is 180 Å². The van der Waals surface area contributed by atoms with Gasteiger partial charge in [0.05, 0.1) is 34.4 Å². The van der Waals surface area contributed by atoms with Crippen LogP contribution in [0.5, 0.6) is 0 Å². The third-order valence-electron chi connectivity index (χ3n) is 4.26. The number of halogens is 2. The summed E-state index contributed by atoms with van der Waals surface area (Å²) in [6, 6.07) is 1.49. The first-order chi connectivity index (χ1) is 13.7. The van der Waals surface area contributed by atoms with Crippen molar-refractivity contribution in [1.82, 2.24) is 9.88 Å². The largest absolute Gasteiger partial charge is 0.462 e. The number of carbonyl (C=O) groups excluding carboxylic acids is 3. The number of carbonyl (C=O) groups is 3. The summed E-state index contributed by atoms with van der Waals surface area (Å²) < 4.78 is 19.6. The Morgan fingerprint density at radius 2 is 2.10 bits per heavy atom. The highest BCUT2D eigenvalue weighted by Crippen LogP contribution is 2.37. The molecule has 1 aliphatic rings. The minimum atomic E-state index is -0.851. The minimum absolute atomic E-state index is 0.0184. The summed E-state index contributed by atoms with van der Waals surface area (Å²) in [5.74, 6) is -2.81. The second-order valence-electron chi connectivity index (χ2n) is 6.11. The van der Waals surface area contributed by atoms with Crippen molar-refractivity contribution in [2.75, 3.05) is 18.6 Å². The highest BCUT2D eigenvalue weighted by atomic mass is 35.5. The van der Waals surface area contributed by atoms with Crippen LogP contribution < -0.4 is 4.90 Å². The zero-order chi connectivity index (χ0) is 21.5. The van der Waals surface area contributed by atoms with E-state index in [2.05, 4.69) is 4.98 Å². The maximum Gasteiger partial charge on any atom is 0.349 e. The van der Waals surface area contributed by atoms with Crippen LogP contribution in [0.15, 0.2) is 18.3 Å². The molecule has 152 valence electrons. The number of hydrogen-bond donors (Lipinski definition) is 0. The molecule has 0 bridgehead atoms. The number of ether oxygens (including phenoxy) is 1. The van der Waals surface area contributed by atoms with Crippen LogP contribution in [0.3, 0.4) is 0 Å². The Kier molecular flexibility index (Phi) is 5.97. The fourth-order valence-electron chi connectivity index (χ4n) is 2.72. The summed E-state index contributed by atoms with van der Waals surface area (Å²) in [7, 11) is 1.42. The van der Waals surface area contributed by atoms with Gasteiger partial charge in [-0.3, -0.25) is 9.69 Å². The molecular weight excluding hydrogens is 441 g/mol. The number of amides is 3. The highest BCUT2D eigenvalue weighted by molar-refractivity contribution is 7.80. The quantitative estimate of drug-likeness (QED) is 0.509. The molecule has 7 nitrogen and oxygen atoms in total. The number of urea groups is 1. The topological polar surface area (TPSA) is 79.8 Å². The van der Waals surface area contributed by atoms with Crippen LogP contribution in [0.25, 0.3) is 10.6 Å². The summed E-state index contributed by atoms with van der Waals surface area (Å²) >= 11 is 12.3. The monoisotopic (exact) mass is 455 g/mol. The number of aromatic nitrogens is 1. The lowest BCUT2D eigenvalue weighted by Crippen LogP contribution is -2.57. The lowest BCUT2D eigenvalue weighted by molar-refractivity contribution is -0.120. The van der Waals surface area contributed by atoms with E-state index in [-0.39, 0.29) is 32.7 Å². The molecule has 2 aromatic rings. The molecule has 1 atom stereocenters. The van der Waals surface area contributed by atoms with Gasteiger partial charge in [-0.15, -0.1) is 11.3 Å². The number of hydrogen-bond acceptors (Lipinski definition) is 7. The Balaban J connectivity index is 2.07. The molecule has 1 fully saturated rings. The minimum Gasteiger partial charge on any atom is -0.462 e. The molecule has 0 N–H and O–H groups in total. The van der Waals surface area contributed by atoms with Crippen molar-refractivity contribution in [2.24, 2.45) is 5.92 Å². The first-order valence-corrected chi connectivity index (χ1v) is 10.1. The van der Waals surface area contributed by atoms with E-state index in [0.717, 1.165) is 27.2 Å². The Morgan fingerprint density at radius 3 is 2.76 bits per heavy atom. The maximum absolute atomic E-state index is 14.7. The van der Waals surface area contributed by atoms with Crippen molar-refractivity contribution in [3.63, 3.8) is 0 Å². The van der Waals surface area contributed by atoms with E-state index in [4.69, 9.17) is 28.6 Å². The summed E-state index contributed by atoms with van der Waals surface area (Å²) in [4.78, 5) is 43.5. The van der Waals surface area contributed by atoms with Gasteiger partial charge in [0.15, 0.2) is 0 Å². The van der Waals surface area contributed by atoms with Gasteiger partial charge in [-0.1, -0.05) is 23.8 Å². The Hall–Kier alpha value is -2.43. The first-order valence-electron chi connectivity index (χ1n) is 8.45. The molecule has 29 heavy (non-hydrogen) atoms. The SMILES string of the molecule is CCOC(=O)c1cnc(-c2cc(N3C(=O)C(C)C(=S)N(C)C3=O)c(F)cc2Cl)s1. The molecule has 3 rings (SSSR count). The van der Waals surface area contributed by atoms with Crippen LogP contribution >= 0.6 is 35.2 Å². The Bertz CT molecular complexity index is 1020. The predicted molar refractivity (Wildman–Crippen MR) is 111 cm³/mol. The zero-order valence-corrected chi connectivity index (χ0v) is 18.0. The molecule has 2 heterocycles. The van der Waals surface area contributed by atoms with Crippen molar-refractivity contribution in [1.29, 1.82) is 0 Å². The number of thiazole rings is 1. The van der Waals surface area contributed by atoms with Gasteiger partial charge in [0, 0.05) is 12.6 Å². The van der Waals surface area contributed by atoms with Gasteiger partial charge in [-0.2, -0.15) is 0 Å². The molecule has 11 heteroatoms. The molecular formula is C18H15ClFN3O4S2. The second kappa shape index (κ2) is 8.13. The lowest BCUT2D eigenvalue weighted by atomic mass is 10.1. The number of rotatable bonds is 4. The molecule has 1 aromatic heterocycles. The highest BCUT2D eigenvalue weighted by Gasteiger charge is 2.41. The van der Waals surface area contributed by atoms with Gasteiger partial charge in [0.2, 0.25) is 5.91 Å². The van der Waals surface area contributed by atoms with Gasteiger partial charge in [-0.25, -0.2) is 23.9 Å². The summed E-state index contributed by atoms with van der Waals surface area (Å²) in [6.07, 6.45) is 1.32.